The minimum atomic E-state index is 0.0667. The van der Waals surface area contributed by atoms with E-state index in [9.17, 15) is 5.11 Å². The van der Waals surface area contributed by atoms with Gasteiger partial charge in [-0.05, 0) is 6.42 Å². The van der Waals surface area contributed by atoms with Gasteiger partial charge in [0, 0.05) is 58.9 Å². The van der Waals surface area contributed by atoms with Crippen LogP contribution >= 0.6 is 0 Å². The topological polar surface area (TPSA) is 38.9 Å². The summed E-state index contributed by atoms with van der Waals surface area (Å²) in [5.74, 6) is 0. The predicted molar refractivity (Wildman–Crippen MR) is 70.3 cm³/mol. The van der Waals surface area contributed by atoms with Crippen molar-refractivity contribution in [3.63, 3.8) is 0 Å². The SMILES string of the molecule is [O]CCCN1CCN(CCN2CCOCC2)CC1. The Morgan fingerprint density at radius 1 is 0.722 bits per heavy atom. The van der Waals surface area contributed by atoms with Crippen molar-refractivity contribution in [3.8, 4) is 0 Å². The summed E-state index contributed by atoms with van der Waals surface area (Å²) in [7, 11) is 0. The molecule has 2 heterocycles. The molecule has 0 aliphatic carbocycles. The van der Waals surface area contributed by atoms with Crippen LogP contribution in [0, 0.1) is 0 Å². The van der Waals surface area contributed by atoms with Gasteiger partial charge in [-0.25, -0.2) is 5.11 Å². The summed E-state index contributed by atoms with van der Waals surface area (Å²) in [5.41, 5.74) is 0. The van der Waals surface area contributed by atoms with Gasteiger partial charge in [0.05, 0.1) is 19.8 Å². The van der Waals surface area contributed by atoms with E-state index in [0.717, 1.165) is 65.4 Å². The van der Waals surface area contributed by atoms with Crippen molar-refractivity contribution in [1.82, 2.24) is 14.7 Å². The number of rotatable bonds is 6. The quantitative estimate of drug-likeness (QED) is 0.657. The fraction of sp³-hybridized carbons (Fsp3) is 1.00. The molecule has 0 saturated carbocycles. The van der Waals surface area contributed by atoms with Gasteiger partial charge in [0.2, 0.25) is 0 Å². The number of ether oxygens (including phenoxy) is 1. The molecule has 0 amide bonds. The second-order valence-electron chi connectivity index (χ2n) is 5.19. The summed E-state index contributed by atoms with van der Waals surface area (Å²) in [4.78, 5) is 7.46. The van der Waals surface area contributed by atoms with E-state index in [0.29, 0.717) is 0 Å². The number of hydrogen-bond acceptors (Lipinski definition) is 4. The van der Waals surface area contributed by atoms with Crippen LogP contribution < -0.4 is 0 Å². The summed E-state index contributed by atoms with van der Waals surface area (Å²) in [6, 6.07) is 0. The third-order valence-electron chi connectivity index (χ3n) is 3.92. The molecule has 2 rings (SSSR count). The number of piperazine rings is 1. The van der Waals surface area contributed by atoms with E-state index in [1.807, 2.05) is 0 Å². The van der Waals surface area contributed by atoms with Crippen LogP contribution in [0.1, 0.15) is 6.42 Å². The van der Waals surface area contributed by atoms with Crippen LogP contribution in [0.2, 0.25) is 0 Å². The first-order valence-electron chi connectivity index (χ1n) is 7.21. The molecule has 2 saturated heterocycles. The molecule has 0 bridgehead atoms. The number of hydrogen-bond donors (Lipinski definition) is 0. The smallest absolute Gasteiger partial charge is 0.0834 e. The molecule has 0 spiro atoms. The Kier molecular flexibility index (Phi) is 6.37. The van der Waals surface area contributed by atoms with Gasteiger partial charge in [0.1, 0.15) is 0 Å². The number of nitrogens with zero attached hydrogens (tertiary/aromatic N) is 3. The summed E-state index contributed by atoms with van der Waals surface area (Å²) < 4.78 is 5.36. The van der Waals surface area contributed by atoms with Crippen molar-refractivity contribution >= 4 is 0 Å². The molecular weight excluding hydrogens is 230 g/mol. The summed E-state index contributed by atoms with van der Waals surface area (Å²) in [6.07, 6.45) is 0.799. The highest BCUT2D eigenvalue weighted by atomic mass is 16.5. The average molecular weight is 256 g/mol. The first kappa shape index (κ1) is 14.2. The van der Waals surface area contributed by atoms with Gasteiger partial charge in [-0.2, -0.15) is 0 Å². The van der Waals surface area contributed by atoms with E-state index < -0.39 is 0 Å². The minimum absolute atomic E-state index is 0.0667. The molecule has 2 fully saturated rings. The van der Waals surface area contributed by atoms with Gasteiger partial charge in [0.25, 0.3) is 0 Å². The maximum atomic E-state index is 10.5. The second-order valence-corrected chi connectivity index (χ2v) is 5.19. The molecule has 0 unspecified atom stereocenters. The third-order valence-corrected chi connectivity index (χ3v) is 3.92. The fourth-order valence-electron chi connectivity index (χ4n) is 2.63. The van der Waals surface area contributed by atoms with Crippen molar-refractivity contribution in [2.24, 2.45) is 0 Å². The molecule has 2 aliphatic rings. The van der Waals surface area contributed by atoms with E-state index in [1.54, 1.807) is 0 Å². The first-order valence-corrected chi connectivity index (χ1v) is 7.21. The largest absolute Gasteiger partial charge is 0.379 e. The maximum absolute atomic E-state index is 10.5. The van der Waals surface area contributed by atoms with Gasteiger partial charge in [-0.15, -0.1) is 0 Å². The highest BCUT2D eigenvalue weighted by Crippen LogP contribution is 2.03. The Balaban J connectivity index is 1.55. The molecule has 0 aromatic rings. The molecule has 2 aliphatic heterocycles. The molecule has 0 aromatic carbocycles. The average Bonchev–Trinajstić information content (AvgIpc) is 2.45. The van der Waals surface area contributed by atoms with Crippen molar-refractivity contribution in [3.05, 3.63) is 0 Å². The van der Waals surface area contributed by atoms with Crippen molar-refractivity contribution in [1.29, 1.82) is 0 Å². The Hall–Kier alpha value is -0.200. The summed E-state index contributed by atoms with van der Waals surface area (Å²) >= 11 is 0. The molecule has 0 aromatic heterocycles. The second kappa shape index (κ2) is 8.07. The lowest BCUT2D eigenvalue weighted by Gasteiger charge is -2.36. The zero-order valence-corrected chi connectivity index (χ0v) is 11.4. The maximum Gasteiger partial charge on any atom is 0.0834 e. The van der Waals surface area contributed by atoms with Crippen LogP contribution in [0.15, 0.2) is 0 Å². The van der Waals surface area contributed by atoms with Gasteiger partial charge < -0.3 is 9.64 Å². The van der Waals surface area contributed by atoms with E-state index in [4.69, 9.17) is 4.74 Å². The highest BCUT2D eigenvalue weighted by molar-refractivity contribution is 4.73. The van der Waals surface area contributed by atoms with Gasteiger partial charge in [0.15, 0.2) is 0 Å². The van der Waals surface area contributed by atoms with Crippen LogP contribution in [0.4, 0.5) is 0 Å². The molecule has 0 atom stereocenters. The Bertz CT molecular complexity index is 214. The zero-order valence-electron chi connectivity index (χ0n) is 11.4. The van der Waals surface area contributed by atoms with Crippen LogP contribution in [0.3, 0.4) is 0 Å². The summed E-state index contributed by atoms with van der Waals surface area (Å²) in [5, 5.41) is 10.5. The Morgan fingerprint density at radius 3 is 1.78 bits per heavy atom. The van der Waals surface area contributed by atoms with Gasteiger partial charge in [-0.3, -0.25) is 9.80 Å². The van der Waals surface area contributed by atoms with Crippen molar-refractivity contribution in [2.75, 3.05) is 78.7 Å². The number of morpholine rings is 1. The zero-order chi connectivity index (χ0) is 12.6. The van der Waals surface area contributed by atoms with E-state index >= 15 is 0 Å². The van der Waals surface area contributed by atoms with Gasteiger partial charge >= 0.3 is 0 Å². The van der Waals surface area contributed by atoms with Crippen LogP contribution in [-0.4, -0.2) is 93.4 Å². The molecule has 5 nitrogen and oxygen atoms in total. The van der Waals surface area contributed by atoms with E-state index in [-0.39, 0.29) is 6.61 Å². The van der Waals surface area contributed by atoms with Crippen molar-refractivity contribution < 1.29 is 9.84 Å². The predicted octanol–water partition coefficient (Wildman–Crippen LogP) is -0.243. The highest BCUT2D eigenvalue weighted by Gasteiger charge is 2.17. The molecule has 18 heavy (non-hydrogen) atoms. The molecule has 105 valence electrons. The summed E-state index contributed by atoms with van der Waals surface area (Å²) in [6.45, 7) is 11.9. The first-order chi connectivity index (χ1) is 8.88. The van der Waals surface area contributed by atoms with Crippen LogP contribution in [0.5, 0.6) is 0 Å². The van der Waals surface area contributed by atoms with E-state index in [1.165, 1.54) is 13.1 Å². The Morgan fingerprint density at radius 2 is 1.22 bits per heavy atom. The van der Waals surface area contributed by atoms with Crippen molar-refractivity contribution in [2.45, 2.75) is 6.42 Å². The molecular formula is C13H26N3O2. The normalized spacial score (nSPS) is 24.5. The molecule has 5 heteroatoms. The lowest BCUT2D eigenvalue weighted by molar-refractivity contribution is 0.0296. The minimum Gasteiger partial charge on any atom is -0.379 e. The third kappa shape index (κ3) is 4.82. The fourth-order valence-corrected chi connectivity index (χ4v) is 2.63. The van der Waals surface area contributed by atoms with Crippen LogP contribution in [0.25, 0.3) is 0 Å². The Labute approximate surface area is 110 Å². The lowest BCUT2D eigenvalue weighted by atomic mass is 10.3. The lowest BCUT2D eigenvalue weighted by Crippen LogP contribution is -2.49. The molecule has 0 N–H and O–H groups in total. The monoisotopic (exact) mass is 256 g/mol. The van der Waals surface area contributed by atoms with Gasteiger partial charge in [-0.1, -0.05) is 0 Å². The van der Waals surface area contributed by atoms with Crippen LogP contribution in [-0.2, 0) is 9.84 Å². The van der Waals surface area contributed by atoms with E-state index in [2.05, 4.69) is 14.7 Å². The molecule has 1 radical (unpaired) electrons. The standard InChI is InChI=1S/C13H26N3O2/c17-11-1-2-14-3-5-15(6-4-14)7-8-16-9-12-18-13-10-16/h1-13H2.